The molecule has 146 valence electrons. The molecule has 1 aliphatic rings. The van der Waals surface area contributed by atoms with E-state index in [0.29, 0.717) is 0 Å². The average molecular weight is 393 g/mol. The standard InChI is InChI=1S/C13H19N3O9S/c1-3-23-12(19)6-4-16(13(20)15-10(6)14)11-8(18)9(7(5-17)24-11)25-26(2,21)22/h4,7-9,11,17-18H,3,5H2,1-2H3,(H2,14,15,20)/t7-,8-,9+,11-/m1/s1. The lowest BCUT2D eigenvalue weighted by molar-refractivity contribution is -0.0543. The molecule has 2 heterocycles. The van der Waals surface area contributed by atoms with Crippen molar-refractivity contribution in [3.8, 4) is 0 Å². The molecule has 0 saturated carbocycles. The van der Waals surface area contributed by atoms with E-state index in [2.05, 4.69) is 4.98 Å². The van der Waals surface area contributed by atoms with Crippen molar-refractivity contribution in [2.24, 2.45) is 0 Å². The van der Waals surface area contributed by atoms with Crippen molar-refractivity contribution in [2.45, 2.75) is 31.5 Å². The van der Waals surface area contributed by atoms with Crippen molar-refractivity contribution in [1.29, 1.82) is 0 Å². The molecule has 1 aromatic heterocycles. The van der Waals surface area contributed by atoms with E-state index in [-0.39, 0.29) is 18.0 Å². The van der Waals surface area contributed by atoms with Gasteiger partial charge in [-0.05, 0) is 6.92 Å². The number of hydrogen-bond acceptors (Lipinski definition) is 11. The number of ether oxygens (including phenoxy) is 2. The van der Waals surface area contributed by atoms with E-state index in [1.54, 1.807) is 6.92 Å². The molecule has 12 nitrogen and oxygen atoms in total. The summed E-state index contributed by atoms with van der Waals surface area (Å²) in [4.78, 5) is 27.5. The van der Waals surface area contributed by atoms with Crippen molar-refractivity contribution in [1.82, 2.24) is 9.55 Å². The first kappa shape index (κ1) is 20.3. The number of hydrogen-bond donors (Lipinski definition) is 3. The maximum atomic E-state index is 12.1. The summed E-state index contributed by atoms with van der Waals surface area (Å²) >= 11 is 0. The summed E-state index contributed by atoms with van der Waals surface area (Å²) in [5.74, 6) is -1.22. The summed E-state index contributed by atoms with van der Waals surface area (Å²) in [7, 11) is -3.98. The Kier molecular flexibility index (Phi) is 5.98. The minimum atomic E-state index is -3.98. The first-order valence-corrected chi connectivity index (χ1v) is 9.29. The maximum Gasteiger partial charge on any atom is 0.351 e. The Morgan fingerprint density at radius 2 is 2.15 bits per heavy atom. The molecule has 1 aromatic rings. The second-order valence-electron chi connectivity index (χ2n) is 5.45. The Labute approximate surface area is 148 Å². The summed E-state index contributed by atoms with van der Waals surface area (Å²) in [6.45, 7) is 0.937. The molecule has 4 N–H and O–H groups in total. The van der Waals surface area contributed by atoms with Crippen LogP contribution < -0.4 is 11.4 Å². The molecule has 0 bridgehead atoms. The molecular formula is C13H19N3O9S. The number of nitrogens with zero attached hydrogens (tertiary/aromatic N) is 2. The molecule has 1 saturated heterocycles. The summed E-state index contributed by atoms with van der Waals surface area (Å²) in [5.41, 5.74) is 4.34. The quantitative estimate of drug-likeness (QED) is 0.346. The highest BCUT2D eigenvalue weighted by Crippen LogP contribution is 2.31. The van der Waals surface area contributed by atoms with Gasteiger partial charge < -0.3 is 25.4 Å². The zero-order chi connectivity index (χ0) is 19.6. The third-order valence-corrected chi connectivity index (χ3v) is 4.10. The Bertz CT molecular complexity index is 838. The van der Waals surface area contributed by atoms with Gasteiger partial charge in [0.1, 0.15) is 29.7 Å². The molecule has 0 amide bonds. The van der Waals surface area contributed by atoms with Crippen LogP contribution in [0.25, 0.3) is 0 Å². The van der Waals surface area contributed by atoms with E-state index in [1.807, 2.05) is 0 Å². The molecular weight excluding hydrogens is 374 g/mol. The third-order valence-electron chi connectivity index (χ3n) is 3.53. The first-order valence-electron chi connectivity index (χ1n) is 7.47. The zero-order valence-electron chi connectivity index (χ0n) is 13.9. The molecule has 1 aliphatic heterocycles. The second-order valence-corrected chi connectivity index (χ2v) is 7.05. The van der Waals surface area contributed by atoms with Gasteiger partial charge in [-0.25, -0.2) is 9.59 Å². The van der Waals surface area contributed by atoms with Gasteiger partial charge in [-0.2, -0.15) is 13.4 Å². The van der Waals surface area contributed by atoms with Crippen LogP contribution in [0.5, 0.6) is 0 Å². The van der Waals surface area contributed by atoms with E-state index < -0.39 is 52.9 Å². The SMILES string of the molecule is CCOC(=O)c1cn([C@@H]2O[C@H](CO)[C@H](OS(C)(=O)=O)[C@H]2O)c(=O)nc1N. The zero-order valence-corrected chi connectivity index (χ0v) is 14.7. The summed E-state index contributed by atoms with van der Waals surface area (Å²) < 4.78 is 38.3. The van der Waals surface area contributed by atoms with Gasteiger partial charge in [-0.3, -0.25) is 8.75 Å². The number of carbonyl (C=O) groups excluding carboxylic acids is 1. The second kappa shape index (κ2) is 7.67. The maximum absolute atomic E-state index is 12.1. The fourth-order valence-electron chi connectivity index (χ4n) is 2.45. The smallest absolute Gasteiger partial charge is 0.351 e. The van der Waals surface area contributed by atoms with Gasteiger partial charge in [-0.15, -0.1) is 0 Å². The van der Waals surface area contributed by atoms with Crippen molar-refractivity contribution >= 4 is 21.9 Å². The topological polar surface area (TPSA) is 180 Å². The van der Waals surface area contributed by atoms with Crippen LogP contribution in [-0.2, 0) is 23.8 Å². The number of rotatable bonds is 6. The number of anilines is 1. The molecule has 0 radical (unpaired) electrons. The molecule has 13 heteroatoms. The highest BCUT2D eigenvalue weighted by Gasteiger charge is 2.47. The number of nitrogens with two attached hydrogens (primary N) is 1. The van der Waals surface area contributed by atoms with Gasteiger partial charge in [0.2, 0.25) is 0 Å². The number of aliphatic hydroxyl groups is 2. The van der Waals surface area contributed by atoms with Crippen LogP contribution in [-0.4, -0.2) is 71.9 Å². The van der Waals surface area contributed by atoms with Crippen LogP contribution >= 0.6 is 0 Å². The highest BCUT2D eigenvalue weighted by atomic mass is 32.2. The summed E-state index contributed by atoms with van der Waals surface area (Å²) in [6.07, 6.45) is -4.08. The molecule has 4 atom stereocenters. The molecule has 0 unspecified atom stereocenters. The predicted molar refractivity (Wildman–Crippen MR) is 85.6 cm³/mol. The Morgan fingerprint density at radius 3 is 2.69 bits per heavy atom. The van der Waals surface area contributed by atoms with Crippen LogP contribution in [0.2, 0.25) is 0 Å². The first-order chi connectivity index (χ1) is 12.1. The van der Waals surface area contributed by atoms with Crippen LogP contribution in [0.15, 0.2) is 11.0 Å². The average Bonchev–Trinajstić information content (AvgIpc) is 2.82. The van der Waals surface area contributed by atoms with E-state index >= 15 is 0 Å². The van der Waals surface area contributed by atoms with Crippen LogP contribution in [0, 0.1) is 0 Å². The molecule has 2 rings (SSSR count). The predicted octanol–water partition coefficient (Wildman–Crippen LogP) is -2.40. The Morgan fingerprint density at radius 1 is 1.50 bits per heavy atom. The monoisotopic (exact) mass is 393 g/mol. The Balaban J connectivity index is 2.43. The van der Waals surface area contributed by atoms with Gasteiger partial charge in [-0.1, -0.05) is 0 Å². The minimum Gasteiger partial charge on any atom is -0.462 e. The number of nitrogen functional groups attached to an aromatic ring is 1. The molecule has 0 aromatic carbocycles. The Hall–Kier alpha value is -2.06. The van der Waals surface area contributed by atoms with E-state index in [4.69, 9.17) is 19.4 Å². The minimum absolute atomic E-state index is 0.0524. The molecule has 0 spiro atoms. The van der Waals surface area contributed by atoms with Crippen LogP contribution in [0.3, 0.4) is 0 Å². The molecule has 1 fully saturated rings. The number of esters is 1. The van der Waals surface area contributed by atoms with Crippen molar-refractivity contribution < 1.29 is 37.1 Å². The van der Waals surface area contributed by atoms with E-state index in [1.165, 1.54) is 0 Å². The van der Waals surface area contributed by atoms with Crippen molar-refractivity contribution in [3.05, 3.63) is 22.2 Å². The van der Waals surface area contributed by atoms with Crippen LogP contribution in [0.1, 0.15) is 23.5 Å². The number of aliphatic hydroxyl groups excluding tert-OH is 2. The molecule has 26 heavy (non-hydrogen) atoms. The lowest BCUT2D eigenvalue weighted by Gasteiger charge is -2.19. The normalized spacial score (nSPS) is 26.0. The molecule has 0 aliphatic carbocycles. The fourth-order valence-corrected chi connectivity index (χ4v) is 3.09. The van der Waals surface area contributed by atoms with Gasteiger partial charge in [0.15, 0.2) is 6.23 Å². The van der Waals surface area contributed by atoms with Gasteiger partial charge in [0.05, 0.1) is 19.5 Å². The van der Waals surface area contributed by atoms with E-state index in [9.17, 15) is 28.2 Å². The third kappa shape index (κ3) is 4.19. The largest absolute Gasteiger partial charge is 0.462 e. The lowest BCUT2D eigenvalue weighted by Crippen LogP contribution is -2.39. The number of aromatic nitrogens is 2. The lowest BCUT2D eigenvalue weighted by atomic mass is 10.1. The van der Waals surface area contributed by atoms with Crippen molar-refractivity contribution in [2.75, 3.05) is 25.2 Å². The van der Waals surface area contributed by atoms with E-state index in [0.717, 1.165) is 17.0 Å². The summed E-state index contributed by atoms with van der Waals surface area (Å²) in [5, 5.41) is 19.7. The highest BCUT2D eigenvalue weighted by molar-refractivity contribution is 7.86. The van der Waals surface area contributed by atoms with Gasteiger partial charge in [0, 0.05) is 6.20 Å². The fraction of sp³-hybridized carbons (Fsp3) is 0.615. The van der Waals surface area contributed by atoms with Gasteiger partial charge in [0.25, 0.3) is 10.1 Å². The van der Waals surface area contributed by atoms with Crippen molar-refractivity contribution in [3.63, 3.8) is 0 Å². The van der Waals surface area contributed by atoms with Crippen LogP contribution in [0.4, 0.5) is 5.82 Å². The number of carbonyl (C=O) groups is 1. The summed E-state index contributed by atoms with van der Waals surface area (Å²) in [6, 6.07) is 0. The van der Waals surface area contributed by atoms with Gasteiger partial charge >= 0.3 is 11.7 Å².